The van der Waals surface area contributed by atoms with Crippen molar-refractivity contribution in [1.29, 1.82) is 0 Å². The van der Waals surface area contributed by atoms with Crippen molar-refractivity contribution in [3.8, 4) is 11.5 Å². The molecule has 0 N–H and O–H groups in total. The maximum Gasteiger partial charge on any atom is 0.178 e. The molecule has 0 unspecified atom stereocenters. The van der Waals surface area contributed by atoms with Crippen LogP contribution in [0, 0.1) is 0 Å². The van der Waals surface area contributed by atoms with Crippen LogP contribution in [0.4, 0.5) is 0 Å². The fourth-order valence-corrected chi connectivity index (χ4v) is 3.96. The van der Waals surface area contributed by atoms with E-state index in [1.165, 1.54) is 0 Å². The van der Waals surface area contributed by atoms with Crippen molar-refractivity contribution in [3.05, 3.63) is 114 Å². The van der Waals surface area contributed by atoms with Gasteiger partial charge in [0.05, 0.1) is 7.11 Å². The number of fused-ring (bicyclic) bond motifs is 3. The Balaban J connectivity index is 1.71. The van der Waals surface area contributed by atoms with Gasteiger partial charge in [0.15, 0.2) is 5.60 Å². The third-order valence-corrected chi connectivity index (χ3v) is 5.39. The molecule has 1 aliphatic heterocycles. The summed E-state index contributed by atoms with van der Waals surface area (Å²) in [5.41, 5.74) is 2.67. The van der Waals surface area contributed by atoms with E-state index in [2.05, 4.69) is 84.9 Å². The Morgan fingerprint density at radius 1 is 0.750 bits per heavy atom. The first kappa shape index (κ1) is 16.6. The number of benzene rings is 4. The highest BCUT2D eigenvalue weighted by Gasteiger charge is 2.37. The molecule has 4 aromatic carbocycles. The molecule has 0 amide bonds. The highest BCUT2D eigenvalue weighted by atomic mass is 16.5. The van der Waals surface area contributed by atoms with E-state index >= 15 is 0 Å². The summed E-state index contributed by atoms with van der Waals surface area (Å²) in [4.78, 5) is 0. The lowest BCUT2D eigenvalue weighted by Gasteiger charge is -2.36. The lowest BCUT2D eigenvalue weighted by Crippen LogP contribution is -2.34. The average Bonchev–Trinajstić information content (AvgIpc) is 2.79. The second-order valence-electron chi connectivity index (χ2n) is 6.97. The quantitative estimate of drug-likeness (QED) is 0.431. The highest BCUT2D eigenvalue weighted by molar-refractivity contribution is 5.94. The van der Waals surface area contributed by atoms with E-state index in [4.69, 9.17) is 9.47 Å². The molecule has 0 radical (unpaired) electrons. The Morgan fingerprint density at radius 3 is 2.07 bits per heavy atom. The zero-order valence-electron chi connectivity index (χ0n) is 15.6. The molecular weight excluding hydrogens is 344 g/mol. The Labute approximate surface area is 164 Å². The first-order chi connectivity index (χ1) is 13.8. The Hall–Kier alpha value is -3.52. The molecule has 0 atom stereocenters. The largest absolute Gasteiger partial charge is 0.497 e. The summed E-state index contributed by atoms with van der Waals surface area (Å²) in [5.74, 6) is 1.74. The van der Waals surface area contributed by atoms with Crippen molar-refractivity contribution in [2.75, 3.05) is 7.11 Å². The standard InChI is InChI=1S/C26H20O2/c1-27-22-13-14-23-19(18-22)12-15-25-24(23)16-17-26(28-25,20-8-4-2-5-9-20)21-10-6-3-7-11-21/h2-18H,1H3. The maximum atomic E-state index is 6.74. The lowest BCUT2D eigenvalue weighted by molar-refractivity contribution is 0.161. The van der Waals surface area contributed by atoms with Gasteiger partial charge in [-0.25, -0.2) is 0 Å². The molecule has 2 nitrogen and oxygen atoms in total. The van der Waals surface area contributed by atoms with Gasteiger partial charge in [0, 0.05) is 16.7 Å². The molecule has 2 heteroatoms. The van der Waals surface area contributed by atoms with Gasteiger partial charge in [-0.2, -0.15) is 0 Å². The summed E-state index contributed by atoms with van der Waals surface area (Å²) >= 11 is 0. The Bertz CT molecular complexity index is 1120. The first-order valence-corrected chi connectivity index (χ1v) is 9.40. The van der Waals surface area contributed by atoms with Crippen LogP contribution in [0.3, 0.4) is 0 Å². The monoisotopic (exact) mass is 364 g/mol. The van der Waals surface area contributed by atoms with Crippen molar-refractivity contribution in [2.24, 2.45) is 0 Å². The summed E-state index contributed by atoms with van der Waals surface area (Å²) in [6.45, 7) is 0. The summed E-state index contributed by atoms with van der Waals surface area (Å²) in [6, 6.07) is 31.1. The average molecular weight is 364 g/mol. The molecule has 136 valence electrons. The molecule has 5 rings (SSSR count). The van der Waals surface area contributed by atoms with Crippen LogP contribution in [-0.2, 0) is 5.60 Å². The molecule has 0 saturated carbocycles. The molecule has 0 saturated heterocycles. The van der Waals surface area contributed by atoms with Gasteiger partial charge < -0.3 is 9.47 Å². The van der Waals surface area contributed by atoms with Crippen LogP contribution in [-0.4, -0.2) is 7.11 Å². The zero-order chi connectivity index (χ0) is 19.0. The van der Waals surface area contributed by atoms with Gasteiger partial charge in [0.25, 0.3) is 0 Å². The van der Waals surface area contributed by atoms with Crippen LogP contribution in [0.2, 0.25) is 0 Å². The van der Waals surface area contributed by atoms with Crippen molar-refractivity contribution < 1.29 is 9.47 Å². The zero-order valence-corrected chi connectivity index (χ0v) is 15.6. The minimum atomic E-state index is -0.643. The second kappa shape index (κ2) is 6.58. The molecule has 1 heterocycles. The predicted molar refractivity (Wildman–Crippen MR) is 114 cm³/mol. The fraction of sp³-hybridized carbons (Fsp3) is 0.0769. The van der Waals surface area contributed by atoms with Crippen LogP contribution >= 0.6 is 0 Å². The van der Waals surface area contributed by atoms with Crippen LogP contribution in [0.15, 0.2) is 97.1 Å². The third kappa shape index (κ3) is 2.57. The lowest BCUT2D eigenvalue weighted by atomic mass is 9.83. The topological polar surface area (TPSA) is 18.5 Å². The highest BCUT2D eigenvalue weighted by Crippen LogP contribution is 2.44. The molecule has 0 fully saturated rings. The van der Waals surface area contributed by atoms with E-state index in [0.29, 0.717) is 0 Å². The summed E-state index contributed by atoms with van der Waals surface area (Å²) in [7, 11) is 1.69. The van der Waals surface area contributed by atoms with Crippen molar-refractivity contribution in [1.82, 2.24) is 0 Å². The van der Waals surface area contributed by atoms with E-state index in [-0.39, 0.29) is 0 Å². The molecule has 0 bridgehead atoms. The Morgan fingerprint density at radius 2 is 1.43 bits per heavy atom. The first-order valence-electron chi connectivity index (χ1n) is 9.40. The molecule has 28 heavy (non-hydrogen) atoms. The predicted octanol–water partition coefficient (Wildman–Crippen LogP) is 6.20. The number of methoxy groups -OCH3 is 1. The van der Waals surface area contributed by atoms with Gasteiger partial charge in [0.2, 0.25) is 0 Å². The molecule has 0 spiro atoms. The SMILES string of the molecule is COc1ccc2c3c(ccc2c1)OC(c1ccccc1)(c1ccccc1)C=C3. The van der Waals surface area contributed by atoms with E-state index < -0.39 is 5.60 Å². The van der Waals surface area contributed by atoms with Crippen LogP contribution in [0.25, 0.3) is 16.8 Å². The van der Waals surface area contributed by atoms with Crippen molar-refractivity contribution >= 4 is 16.8 Å². The molecular formula is C26H20O2. The van der Waals surface area contributed by atoms with Crippen molar-refractivity contribution in [3.63, 3.8) is 0 Å². The molecule has 0 aliphatic carbocycles. The van der Waals surface area contributed by atoms with Gasteiger partial charge in [0.1, 0.15) is 11.5 Å². The van der Waals surface area contributed by atoms with Gasteiger partial charge in [-0.15, -0.1) is 0 Å². The summed E-state index contributed by atoms with van der Waals surface area (Å²) in [6.07, 6.45) is 4.36. The Kier molecular flexibility index (Phi) is 3.91. The van der Waals surface area contributed by atoms with Crippen LogP contribution < -0.4 is 9.47 Å². The number of rotatable bonds is 3. The molecule has 4 aromatic rings. The van der Waals surface area contributed by atoms with E-state index in [9.17, 15) is 0 Å². The normalized spacial score (nSPS) is 14.3. The molecule has 1 aliphatic rings. The number of hydrogen-bond acceptors (Lipinski definition) is 2. The third-order valence-electron chi connectivity index (χ3n) is 5.39. The summed E-state index contributed by atoms with van der Waals surface area (Å²) < 4.78 is 12.1. The van der Waals surface area contributed by atoms with Gasteiger partial charge in [-0.3, -0.25) is 0 Å². The van der Waals surface area contributed by atoms with E-state index in [1.807, 2.05) is 18.2 Å². The minimum Gasteiger partial charge on any atom is -0.497 e. The fourth-order valence-electron chi connectivity index (χ4n) is 3.96. The van der Waals surface area contributed by atoms with Crippen molar-refractivity contribution in [2.45, 2.75) is 5.60 Å². The van der Waals surface area contributed by atoms with Gasteiger partial charge in [-0.1, -0.05) is 66.7 Å². The summed E-state index contributed by atoms with van der Waals surface area (Å²) in [5, 5.41) is 2.29. The second-order valence-corrected chi connectivity index (χ2v) is 6.97. The van der Waals surface area contributed by atoms with Crippen LogP contribution in [0.5, 0.6) is 11.5 Å². The smallest absolute Gasteiger partial charge is 0.178 e. The number of hydrogen-bond donors (Lipinski definition) is 0. The maximum absolute atomic E-state index is 6.74. The van der Waals surface area contributed by atoms with Gasteiger partial charge in [-0.05, 0) is 47.2 Å². The van der Waals surface area contributed by atoms with Crippen LogP contribution in [0.1, 0.15) is 16.7 Å². The van der Waals surface area contributed by atoms with E-state index in [0.717, 1.165) is 39.0 Å². The number of ether oxygens (including phenoxy) is 2. The van der Waals surface area contributed by atoms with E-state index in [1.54, 1.807) is 7.11 Å². The molecule has 0 aromatic heterocycles. The van der Waals surface area contributed by atoms with Gasteiger partial charge >= 0.3 is 0 Å². The minimum absolute atomic E-state index is 0.643.